The monoisotopic (exact) mass is 544 g/mol. The second-order valence-corrected chi connectivity index (χ2v) is 11.3. The summed E-state index contributed by atoms with van der Waals surface area (Å²) in [5.41, 5.74) is 1.33. The van der Waals surface area contributed by atoms with Crippen molar-refractivity contribution in [1.29, 1.82) is 0 Å². The minimum Gasteiger partial charge on any atom is -0.507 e. The van der Waals surface area contributed by atoms with Gasteiger partial charge in [-0.2, -0.15) is 16.7 Å². The minimum atomic E-state index is -3.41. The zero-order chi connectivity index (χ0) is 25.6. The molecule has 0 radical (unpaired) electrons. The number of benzene rings is 1. The molecule has 0 unspecified atom stereocenters. The van der Waals surface area contributed by atoms with Crippen molar-refractivity contribution >= 4 is 45.0 Å². The fourth-order valence-corrected chi connectivity index (χ4v) is 5.21. The molecule has 1 aliphatic rings. The summed E-state index contributed by atoms with van der Waals surface area (Å²) >= 11 is 6.89. The number of aromatic hydroxyl groups is 1. The van der Waals surface area contributed by atoms with Crippen LogP contribution in [-0.2, 0) is 27.1 Å². The van der Waals surface area contributed by atoms with Crippen LogP contribution in [0.15, 0.2) is 10.6 Å². The molecule has 0 bridgehead atoms. The summed E-state index contributed by atoms with van der Waals surface area (Å²) in [4.78, 5) is 17.8. The third kappa shape index (κ3) is 7.53. The van der Waals surface area contributed by atoms with Gasteiger partial charge in [-0.1, -0.05) is 17.4 Å². The molecule has 35 heavy (non-hydrogen) atoms. The maximum absolute atomic E-state index is 12.9. The van der Waals surface area contributed by atoms with Crippen LogP contribution in [0.4, 0.5) is 0 Å². The molecule has 192 valence electrons. The van der Waals surface area contributed by atoms with Crippen molar-refractivity contribution in [2.75, 3.05) is 25.7 Å². The van der Waals surface area contributed by atoms with Crippen LogP contribution in [0, 0.1) is 6.92 Å². The van der Waals surface area contributed by atoms with Gasteiger partial charge in [0.2, 0.25) is 15.9 Å². The standard InChI is InChI=1S/C21H28N4O7S3/c1-12-16(30-2)8-15(26)13-10-34-11-14(20-24-17(25-32-20)9-22-35(3,28)29)23-18(33)6-4-5-7-31-21(27)19(12)13/h8,14,22,26H,4-7,9-11H2,1-3H3,(H,23,33)/t14-/m0/s1. The smallest absolute Gasteiger partial charge is 0.338 e. The average molecular weight is 545 g/mol. The normalized spacial score (nSPS) is 18.2. The van der Waals surface area contributed by atoms with Gasteiger partial charge in [0, 0.05) is 28.7 Å². The number of methoxy groups -OCH3 is 1. The number of thioether (sulfide) groups is 1. The molecule has 0 aliphatic carbocycles. The Morgan fingerprint density at radius 2 is 2.17 bits per heavy atom. The summed E-state index contributed by atoms with van der Waals surface area (Å²) in [6, 6.07) is 1.03. The van der Waals surface area contributed by atoms with Crippen molar-refractivity contribution in [3.63, 3.8) is 0 Å². The van der Waals surface area contributed by atoms with E-state index in [2.05, 4.69) is 20.2 Å². The van der Waals surface area contributed by atoms with Gasteiger partial charge in [-0.3, -0.25) is 0 Å². The number of fused-ring (bicyclic) bond motifs is 1. The summed E-state index contributed by atoms with van der Waals surface area (Å²) in [5, 5.41) is 17.7. The van der Waals surface area contributed by atoms with Crippen LogP contribution in [0.3, 0.4) is 0 Å². The van der Waals surface area contributed by atoms with Gasteiger partial charge < -0.3 is 24.4 Å². The van der Waals surface area contributed by atoms with Crippen molar-refractivity contribution in [1.82, 2.24) is 20.2 Å². The zero-order valence-corrected chi connectivity index (χ0v) is 22.1. The highest BCUT2D eigenvalue weighted by atomic mass is 32.2. The Hall–Kier alpha value is -2.42. The molecule has 0 amide bonds. The second kappa shape index (κ2) is 12.0. The lowest BCUT2D eigenvalue weighted by atomic mass is 10.0. The molecular weight excluding hydrogens is 516 g/mol. The van der Waals surface area contributed by atoms with Crippen LogP contribution in [0.5, 0.6) is 11.5 Å². The molecular formula is C21H28N4O7S3. The molecule has 3 rings (SSSR count). The summed E-state index contributed by atoms with van der Waals surface area (Å²) in [6.07, 6.45) is 2.93. The molecule has 0 fully saturated rings. The number of phenolic OH excluding ortho intramolecular Hbond substituents is 1. The Balaban J connectivity index is 1.86. The Labute approximate surface area is 213 Å². The predicted molar refractivity (Wildman–Crippen MR) is 134 cm³/mol. The first-order valence-electron chi connectivity index (χ1n) is 10.8. The number of ether oxygens (including phenoxy) is 2. The molecule has 1 atom stereocenters. The van der Waals surface area contributed by atoms with Crippen LogP contribution >= 0.6 is 24.0 Å². The third-order valence-corrected chi connectivity index (χ3v) is 7.27. The molecule has 0 saturated heterocycles. The van der Waals surface area contributed by atoms with Gasteiger partial charge >= 0.3 is 5.97 Å². The van der Waals surface area contributed by atoms with E-state index in [1.54, 1.807) is 6.92 Å². The zero-order valence-electron chi connectivity index (χ0n) is 19.6. The molecule has 2 heterocycles. The SMILES string of the molecule is COc1cc(O)c2c(c1C)C(=O)OCCCCC(=S)N[C@H](c1nc(CNS(C)(=O)=O)no1)CSC2. The number of esters is 1. The molecule has 1 aromatic heterocycles. The van der Waals surface area contributed by atoms with Gasteiger partial charge in [0.25, 0.3) is 0 Å². The molecule has 1 aliphatic heterocycles. The number of rotatable bonds is 5. The lowest BCUT2D eigenvalue weighted by Crippen LogP contribution is -2.29. The summed E-state index contributed by atoms with van der Waals surface area (Å²) in [5.74, 6) is 0.981. The fourth-order valence-electron chi connectivity index (χ4n) is 3.45. The van der Waals surface area contributed by atoms with E-state index in [0.717, 1.165) is 6.26 Å². The number of nitrogens with zero attached hydrogens (tertiary/aromatic N) is 2. The van der Waals surface area contributed by atoms with Crippen LogP contribution < -0.4 is 14.8 Å². The van der Waals surface area contributed by atoms with Crippen molar-refractivity contribution in [3.05, 3.63) is 34.5 Å². The Morgan fingerprint density at radius 1 is 1.40 bits per heavy atom. The number of carbonyl (C=O) groups is 1. The Kier molecular flexibility index (Phi) is 9.33. The van der Waals surface area contributed by atoms with E-state index < -0.39 is 22.0 Å². The minimum absolute atomic E-state index is 0.0639. The van der Waals surface area contributed by atoms with E-state index >= 15 is 0 Å². The van der Waals surface area contributed by atoms with Crippen LogP contribution in [-0.4, -0.2) is 60.3 Å². The molecule has 0 spiro atoms. The number of sulfonamides is 1. The number of nitrogens with one attached hydrogen (secondary N) is 2. The molecule has 14 heteroatoms. The maximum atomic E-state index is 12.9. The highest BCUT2D eigenvalue weighted by Crippen LogP contribution is 2.36. The molecule has 0 saturated carbocycles. The van der Waals surface area contributed by atoms with Gasteiger partial charge in [-0.25, -0.2) is 17.9 Å². The molecule has 2 aromatic rings. The Morgan fingerprint density at radius 3 is 2.89 bits per heavy atom. The number of phenols is 1. The van der Waals surface area contributed by atoms with Crippen LogP contribution in [0.2, 0.25) is 0 Å². The number of cyclic esters (lactones) is 1. The second-order valence-electron chi connectivity index (χ2n) is 7.95. The Bertz CT molecular complexity index is 1180. The van der Waals surface area contributed by atoms with E-state index in [4.69, 9.17) is 26.2 Å². The summed E-state index contributed by atoms with van der Waals surface area (Å²) < 4.78 is 41.2. The first-order chi connectivity index (χ1) is 16.6. The van der Waals surface area contributed by atoms with Crippen molar-refractivity contribution in [3.8, 4) is 11.5 Å². The van der Waals surface area contributed by atoms with E-state index in [9.17, 15) is 18.3 Å². The van der Waals surface area contributed by atoms with Gasteiger partial charge in [-0.15, -0.1) is 0 Å². The average Bonchev–Trinajstić information content (AvgIpc) is 3.27. The van der Waals surface area contributed by atoms with Gasteiger partial charge in [0.15, 0.2) is 5.82 Å². The third-order valence-electron chi connectivity index (χ3n) is 5.22. The first kappa shape index (κ1) is 27.2. The molecule has 11 nitrogen and oxygen atoms in total. The highest BCUT2D eigenvalue weighted by Gasteiger charge is 2.25. The number of thiocarbonyl (C=S) groups is 1. The predicted octanol–water partition coefficient (Wildman–Crippen LogP) is 2.37. The summed E-state index contributed by atoms with van der Waals surface area (Å²) in [7, 11) is -1.94. The number of hydrogen-bond acceptors (Lipinski definition) is 11. The van der Waals surface area contributed by atoms with Crippen molar-refractivity contribution in [2.45, 2.75) is 44.5 Å². The quantitative estimate of drug-likeness (QED) is 0.374. The van der Waals surface area contributed by atoms with Gasteiger partial charge in [0.1, 0.15) is 17.5 Å². The highest BCUT2D eigenvalue weighted by molar-refractivity contribution is 7.98. The van der Waals surface area contributed by atoms with E-state index in [1.165, 1.54) is 24.9 Å². The molecule has 3 N–H and O–H groups in total. The van der Waals surface area contributed by atoms with Gasteiger partial charge in [-0.05, 0) is 26.2 Å². The van der Waals surface area contributed by atoms with E-state index in [-0.39, 0.29) is 30.6 Å². The lowest BCUT2D eigenvalue weighted by Gasteiger charge is -2.20. The largest absolute Gasteiger partial charge is 0.507 e. The summed E-state index contributed by atoms with van der Waals surface area (Å²) in [6.45, 7) is 1.87. The van der Waals surface area contributed by atoms with Crippen LogP contribution in [0.25, 0.3) is 0 Å². The van der Waals surface area contributed by atoms with E-state index in [1.807, 2.05) is 0 Å². The number of hydrogen-bond donors (Lipinski definition) is 3. The number of carbonyl (C=O) groups excluding carboxylic acids is 1. The fraction of sp³-hybridized carbons (Fsp3) is 0.524. The number of aromatic nitrogens is 2. The van der Waals surface area contributed by atoms with Crippen LogP contribution in [0.1, 0.15) is 58.5 Å². The topological polar surface area (TPSA) is 153 Å². The lowest BCUT2D eigenvalue weighted by molar-refractivity contribution is 0.0496. The van der Waals surface area contributed by atoms with Crippen molar-refractivity contribution < 1.29 is 32.3 Å². The molecule has 1 aromatic carbocycles. The van der Waals surface area contributed by atoms with E-state index in [0.29, 0.717) is 58.2 Å². The maximum Gasteiger partial charge on any atom is 0.338 e. The van der Waals surface area contributed by atoms with Crippen molar-refractivity contribution in [2.24, 2.45) is 0 Å². The van der Waals surface area contributed by atoms with Gasteiger partial charge in [0.05, 0.1) is 37.1 Å². The first-order valence-corrected chi connectivity index (χ1v) is 14.2.